The van der Waals surface area contributed by atoms with Crippen LogP contribution in [0.2, 0.25) is 0 Å². The van der Waals surface area contributed by atoms with Crippen LogP contribution in [0.4, 0.5) is 5.13 Å². The Morgan fingerprint density at radius 1 is 1.40 bits per heavy atom. The minimum absolute atomic E-state index is 0.0523. The molecule has 0 fully saturated rings. The van der Waals surface area contributed by atoms with Crippen molar-refractivity contribution in [3.05, 3.63) is 40.4 Å². The molecule has 7 heteroatoms. The zero-order chi connectivity index (χ0) is 14.5. The summed E-state index contributed by atoms with van der Waals surface area (Å²) >= 11 is 1.23. The first-order chi connectivity index (χ1) is 9.58. The molecule has 1 aromatic heterocycles. The number of nitriles is 1. The van der Waals surface area contributed by atoms with Crippen molar-refractivity contribution in [2.45, 2.75) is 6.92 Å². The first-order valence-corrected chi connectivity index (χ1v) is 6.42. The maximum absolute atomic E-state index is 11.9. The summed E-state index contributed by atoms with van der Waals surface area (Å²) in [6.45, 7) is 1.77. The van der Waals surface area contributed by atoms with Gasteiger partial charge in [0.1, 0.15) is 22.4 Å². The van der Waals surface area contributed by atoms with E-state index in [1.807, 2.05) is 6.07 Å². The minimum atomic E-state index is -0.545. The molecule has 0 spiro atoms. The summed E-state index contributed by atoms with van der Waals surface area (Å²) in [6, 6.07) is 8.01. The van der Waals surface area contributed by atoms with Crippen molar-refractivity contribution in [2.24, 2.45) is 0 Å². The quantitative estimate of drug-likeness (QED) is 0.665. The molecular formula is C13H10N4O2S. The third-order valence-corrected chi connectivity index (χ3v) is 3.07. The number of aryl methyl sites for hydroxylation is 1. The second-order valence-corrected chi connectivity index (χ2v) is 5.02. The largest absolute Gasteiger partial charge is 0.508 e. The number of phenols is 1. The maximum Gasteiger partial charge on any atom is 0.268 e. The van der Waals surface area contributed by atoms with Crippen LogP contribution in [0.3, 0.4) is 0 Å². The molecule has 0 bridgehead atoms. The van der Waals surface area contributed by atoms with Crippen molar-refractivity contribution in [1.82, 2.24) is 10.2 Å². The summed E-state index contributed by atoms with van der Waals surface area (Å²) in [5.41, 5.74) is 0.589. The summed E-state index contributed by atoms with van der Waals surface area (Å²) in [6.07, 6.45) is 1.43. The second kappa shape index (κ2) is 5.95. The second-order valence-electron chi connectivity index (χ2n) is 3.84. The molecule has 0 aliphatic rings. The molecule has 2 rings (SSSR count). The van der Waals surface area contributed by atoms with Crippen molar-refractivity contribution in [1.29, 1.82) is 5.26 Å². The Morgan fingerprint density at radius 2 is 2.10 bits per heavy atom. The van der Waals surface area contributed by atoms with Crippen LogP contribution in [-0.4, -0.2) is 21.2 Å². The summed E-state index contributed by atoms with van der Waals surface area (Å²) in [5, 5.41) is 29.3. The zero-order valence-corrected chi connectivity index (χ0v) is 11.3. The van der Waals surface area contributed by atoms with Gasteiger partial charge in [-0.25, -0.2) is 0 Å². The molecule has 100 valence electrons. The van der Waals surface area contributed by atoms with Crippen molar-refractivity contribution in [2.75, 3.05) is 5.32 Å². The van der Waals surface area contributed by atoms with E-state index in [1.165, 1.54) is 29.5 Å². The lowest BCUT2D eigenvalue weighted by Crippen LogP contribution is -2.13. The number of benzene rings is 1. The Balaban J connectivity index is 2.17. The van der Waals surface area contributed by atoms with Crippen molar-refractivity contribution >= 4 is 28.5 Å². The van der Waals surface area contributed by atoms with Crippen LogP contribution in [0, 0.1) is 18.3 Å². The van der Waals surface area contributed by atoms with Crippen LogP contribution < -0.4 is 5.32 Å². The molecule has 0 aliphatic carbocycles. The van der Waals surface area contributed by atoms with Gasteiger partial charge in [0.15, 0.2) is 0 Å². The number of aromatic nitrogens is 2. The molecule has 1 heterocycles. The first kappa shape index (κ1) is 13.7. The summed E-state index contributed by atoms with van der Waals surface area (Å²) in [4.78, 5) is 11.9. The fraction of sp³-hybridized carbons (Fsp3) is 0.0769. The predicted octanol–water partition coefficient (Wildman–Crippen LogP) is 2.10. The van der Waals surface area contributed by atoms with Gasteiger partial charge >= 0.3 is 0 Å². The van der Waals surface area contributed by atoms with E-state index >= 15 is 0 Å². The highest BCUT2D eigenvalue weighted by molar-refractivity contribution is 7.15. The van der Waals surface area contributed by atoms with Crippen LogP contribution in [0.5, 0.6) is 5.75 Å². The van der Waals surface area contributed by atoms with E-state index in [1.54, 1.807) is 19.1 Å². The molecule has 20 heavy (non-hydrogen) atoms. The molecule has 0 unspecified atom stereocenters. The van der Waals surface area contributed by atoms with Crippen LogP contribution in [0.15, 0.2) is 29.8 Å². The molecular weight excluding hydrogens is 276 g/mol. The number of aromatic hydroxyl groups is 1. The molecule has 2 N–H and O–H groups in total. The monoisotopic (exact) mass is 286 g/mol. The predicted molar refractivity (Wildman–Crippen MR) is 75.0 cm³/mol. The van der Waals surface area contributed by atoms with Gasteiger partial charge in [-0.2, -0.15) is 5.26 Å². The van der Waals surface area contributed by atoms with Crippen molar-refractivity contribution < 1.29 is 9.90 Å². The molecule has 1 amide bonds. The molecule has 6 nitrogen and oxygen atoms in total. The maximum atomic E-state index is 11.9. The van der Waals surface area contributed by atoms with Gasteiger partial charge in [-0.05, 0) is 30.7 Å². The fourth-order valence-corrected chi connectivity index (χ4v) is 1.98. The number of nitrogens with zero attached hydrogens (tertiary/aromatic N) is 3. The van der Waals surface area contributed by atoms with E-state index in [2.05, 4.69) is 15.5 Å². The summed E-state index contributed by atoms with van der Waals surface area (Å²) in [7, 11) is 0. The molecule has 1 aromatic carbocycles. The van der Waals surface area contributed by atoms with Crippen LogP contribution >= 0.6 is 11.3 Å². The minimum Gasteiger partial charge on any atom is -0.508 e. The average Bonchev–Trinajstić information content (AvgIpc) is 2.83. The topological polar surface area (TPSA) is 98.9 Å². The SMILES string of the molecule is Cc1nnc(NC(=O)/C(C#N)=C/c2ccc(O)cc2)s1. The Bertz CT molecular complexity index is 698. The highest BCUT2D eigenvalue weighted by Crippen LogP contribution is 2.16. The van der Waals surface area contributed by atoms with Gasteiger partial charge in [-0.3, -0.25) is 10.1 Å². The zero-order valence-electron chi connectivity index (χ0n) is 10.5. The molecule has 0 saturated heterocycles. The third-order valence-electron chi connectivity index (χ3n) is 2.32. The lowest BCUT2D eigenvalue weighted by molar-refractivity contribution is -0.112. The van der Waals surface area contributed by atoms with E-state index in [9.17, 15) is 9.90 Å². The van der Waals surface area contributed by atoms with Gasteiger partial charge in [0.25, 0.3) is 5.91 Å². The Hall–Kier alpha value is -2.72. The van der Waals surface area contributed by atoms with Crippen molar-refractivity contribution in [3.63, 3.8) is 0 Å². The van der Waals surface area contributed by atoms with E-state index in [0.717, 1.165) is 5.01 Å². The van der Waals surface area contributed by atoms with Gasteiger partial charge in [0.2, 0.25) is 5.13 Å². The van der Waals surface area contributed by atoms with Gasteiger partial charge in [0.05, 0.1) is 0 Å². The number of carbonyl (C=O) groups excluding carboxylic acids is 1. The smallest absolute Gasteiger partial charge is 0.268 e. The van der Waals surface area contributed by atoms with E-state index in [0.29, 0.717) is 10.7 Å². The summed E-state index contributed by atoms with van der Waals surface area (Å²) < 4.78 is 0. The lowest BCUT2D eigenvalue weighted by atomic mass is 10.1. The summed E-state index contributed by atoms with van der Waals surface area (Å²) in [5.74, 6) is -0.425. The molecule has 0 saturated carbocycles. The number of hydrogen-bond acceptors (Lipinski definition) is 6. The van der Waals surface area contributed by atoms with Crippen LogP contribution in [0.25, 0.3) is 6.08 Å². The molecule has 0 atom stereocenters. The number of rotatable bonds is 3. The number of anilines is 1. The lowest BCUT2D eigenvalue weighted by Gasteiger charge is -1.99. The molecule has 0 radical (unpaired) electrons. The number of amides is 1. The number of hydrogen-bond donors (Lipinski definition) is 2. The molecule has 0 aliphatic heterocycles. The normalized spacial score (nSPS) is 10.9. The van der Waals surface area contributed by atoms with Gasteiger partial charge in [0, 0.05) is 0 Å². The highest BCUT2D eigenvalue weighted by atomic mass is 32.1. The van der Waals surface area contributed by atoms with Gasteiger partial charge in [-0.15, -0.1) is 10.2 Å². The van der Waals surface area contributed by atoms with Crippen LogP contribution in [0.1, 0.15) is 10.6 Å². The molecule has 2 aromatic rings. The standard InChI is InChI=1S/C13H10N4O2S/c1-8-16-17-13(20-8)15-12(19)10(7-14)6-9-2-4-11(18)5-3-9/h2-6,18H,1H3,(H,15,17,19)/b10-6+. The average molecular weight is 286 g/mol. The number of nitrogens with one attached hydrogen (secondary N) is 1. The van der Waals surface area contributed by atoms with Crippen LogP contribution in [-0.2, 0) is 4.79 Å². The fourth-order valence-electron chi connectivity index (χ4n) is 1.40. The Morgan fingerprint density at radius 3 is 2.65 bits per heavy atom. The van der Waals surface area contributed by atoms with Gasteiger partial charge in [-0.1, -0.05) is 23.5 Å². The number of phenolic OH excluding ortho intramolecular Hbond substituents is 1. The first-order valence-electron chi connectivity index (χ1n) is 5.61. The van der Waals surface area contributed by atoms with E-state index in [4.69, 9.17) is 5.26 Å². The third kappa shape index (κ3) is 3.40. The Labute approximate surface area is 119 Å². The Kier molecular flexibility index (Phi) is 4.08. The van der Waals surface area contributed by atoms with Crippen molar-refractivity contribution in [3.8, 4) is 11.8 Å². The highest BCUT2D eigenvalue weighted by Gasteiger charge is 2.11. The van der Waals surface area contributed by atoms with E-state index in [-0.39, 0.29) is 11.3 Å². The number of carbonyl (C=O) groups is 1. The van der Waals surface area contributed by atoms with E-state index < -0.39 is 5.91 Å². The van der Waals surface area contributed by atoms with Gasteiger partial charge < -0.3 is 5.11 Å².